The van der Waals surface area contributed by atoms with Crippen LogP contribution in [0.2, 0.25) is 0 Å². The predicted molar refractivity (Wildman–Crippen MR) is 54.0 cm³/mol. The maximum Gasteiger partial charge on any atom is 0.175 e. The molecule has 4 heteroatoms. The Balaban J connectivity index is 2.73. The van der Waals surface area contributed by atoms with Crippen LogP contribution in [0.15, 0.2) is 11.1 Å². The molecule has 0 aromatic carbocycles. The summed E-state index contributed by atoms with van der Waals surface area (Å²) in [6.07, 6.45) is 3.10. The van der Waals surface area contributed by atoms with E-state index in [0.717, 1.165) is 6.42 Å². The van der Waals surface area contributed by atoms with Crippen molar-refractivity contribution in [2.24, 2.45) is 0 Å². The van der Waals surface area contributed by atoms with Crippen LogP contribution < -0.4 is 5.32 Å². The number of rotatable bonds is 1. The molecule has 0 unspecified atom stereocenters. The lowest BCUT2D eigenvalue weighted by Gasteiger charge is -2.19. The first-order valence-corrected chi connectivity index (χ1v) is 6.16. The lowest BCUT2D eigenvalue weighted by atomic mass is 10.1. The van der Waals surface area contributed by atoms with Gasteiger partial charge in [0, 0.05) is 11.7 Å². The average Bonchev–Trinajstić information content (AvgIpc) is 2.23. The number of hydrogen-bond acceptors (Lipinski definition) is 3. The molecule has 3 nitrogen and oxygen atoms in total. The van der Waals surface area contributed by atoms with Gasteiger partial charge in [0.05, 0.1) is 10.7 Å². The van der Waals surface area contributed by atoms with Crippen molar-refractivity contribution >= 4 is 9.84 Å². The highest BCUT2D eigenvalue weighted by molar-refractivity contribution is 7.95. The van der Waals surface area contributed by atoms with Crippen LogP contribution in [0.5, 0.6) is 0 Å². The van der Waals surface area contributed by atoms with E-state index >= 15 is 0 Å². The third-order valence-corrected chi connectivity index (χ3v) is 3.85. The van der Waals surface area contributed by atoms with Crippen molar-refractivity contribution in [2.75, 3.05) is 5.75 Å². The Bertz CT molecular complexity index is 309. The molecule has 0 atom stereocenters. The lowest BCUT2D eigenvalue weighted by molar-refractivity contribution is 0.490. The summed E-state index contributed by atoms with van der Waals surface area (Å²) in [6, 6.07) is 0. The summed E-state index contributed by atoms with van der Waals surface area (Å²) in [5.74, 6) is 0.310. The molecule has 1 fully saturated rings. The summed E-state index contributed by atoms with van der Waals surface area (Å²) in [5.41, 5.74) is -0.0644. The molecule has 1 N–H and O–H groups in total. The van der Waals surface area contributed by atoms with E-state index in [9.17, 15) is 8.42 Å². The number of allylic oxidation sites excluding steroid dienone is 1. The fraction of sp³-hybridized carbons (Fsp3) is 0.778. The summed E-state index contributed by atoms with van der Waals surface area (Å²) < 4.78 is 22.7. The molecule has 1 saturated heterocycles. The Morgan fingerprint density at radius 3 is 2.38 bits per heavy atom. The molecule has 13 heavy (non-hydrogen) atoms. The van der Waals surface area contributed by atoms with E-state index in [1.807, 2.05) is 20.8 Å². The zero-order valence-electron chi connectivity index (χ0n) is 8.42. The fourth-order valence-electron chi connectivity index (χ4n) is 1.18. The van der Waals surface area contributed by atoms with Crippen molar-refractivity contribution in [3.63, 3.8) is 0 Å². The molecule has 1 heterocycles. The number of nitrogens with one attached hydrogen (secondary N) is 1. The summed E-state index contributed by atoms with van der Waals surface area (Å²) in [6.45, 7) is 6.02. The number of sulfone groups is 1. The summed E-state index contributed by atoms with van der Waals surface area (Å²) in [4.78, 5) is 0.558. The van der Waals surface area contributed by atoms with Crippen molar-refractivity contribution in [1.82, 2.24) is 5.32 Å². The average molecular weight is 203 g/mol. The second kappa shape index (κ2) is 3.33. The van der Waals surface area contributed by atoms with Gasteiger partial charge in [0.25, 0.3) is 0 Å². The Labute approximate surface area is 80.1 Å². The topological polar surface area (TPSA) is 46.2 Å². The van der Waals surface area contributed by atoms with Crippen molar-refractivity contribution < 1.29 is 8.42 Å². The highest BCUT2D eigenvalue weighted by Gasteiger charge is 2.24. The molecule has 0 bridgehead atoms. The minimum atomic E-state index is -2.91. The third-order valence-electron chi connectivity index (χ3n) is 1.90. The molecular formula is C9H17NO2S. The van der Waals surface area contributed by atoms with Crippen LogP contribution in [0.1, 0.15) is 33.6 Å². The molecule has 0 radical (unpaired) electrons. The van der Waals surface area contributed by atoms with Gasteiger partial charge in [-0.15, -0.1) is 0 Å². The Hall–Kier alpha value is -0.510. The Kier molecular flexibility index (Phi) is 2.71. The van der Waals surface area contributed by atoms with Gasteiger partial charge >= 0.3 is 0 Å². The zero-order chi connectivity index (χ0) is 10.1. The molecule has 1 aliphatic heterocycles. The molecule has 0 saturated carbocycles. The second-order valence-corrected chi connectivity index (χ2v) is 6.59. The van der Waals surface area contributed by atoms with Gasteiger partial charge in [-0.2, -0.15) is 0 Å². The van der Waals surface area contributed by atoms with Crippen molar-refractivity contribution in [3.05, 3.63) is 11.1 Å². The van der Waals surface area contributed by atoms with E-state index in [4.69, 9.17) is 0 Å². The molecule has 76 valence electrons. The van der Waals surface area contributed by atoms with Gasteiger partial charge in [-0.05, 0) is 33.6 Å². The van der Waals surface area contributed by atoms with E-state index in [1.165, 1.54) is 0 Å². The van der Waals surface area contributed by atoms with Crippen LogP contribution in [-0.2, 0) is 9.84 Å². The largest absolute Gasteiger partial charge is 0.386 e. The SMILES string of the molecule is CC(C)(C)N/C=C1\CCCS1(=O)=O. The minimum absolute atomic E-state index is 0.0644. The van der Waals surface area contributed by atoms with E-state index in [0.29, 0.717) is 17.1 Å². The highest BCUT2D eigenvalue weighted by atomic mass is 32.2. The van der Waals surface area contributed by atoms with E-state index < -0.39 is 9.84 Å². The van der Waals surface area contributed by atoms with Gasteiger partial charge in [0.15, 0.2) is 9.84 Å². The smallest absolute Gasteiger partial charge is 0.175 e. The minimum Gasteiger partial charge on any atom is -0.386 e. The van der Waals surface area contributed by atoms with Crippen molar-refractivity contribution in [2.45, 2.75) is 39.2 Å². The Morgan fingerprint density at radius 2 is 2.00 bits per heavy atom. The molecule has 0 aliphatic carbocycles. The van der Waals surface area contributed by atoms with Crippen LogP contribution in [-0.4, -0.2) is 19.7 Å². The van der Waals surface area contributed by atoms with E-state index in [1.54, 1.807) is 6.20 Å². The maximum absolute atomic E-state index is 11.4. The summed E-state index contributed by atoms with van der Waals surface area (Å²) >= 11 is 0. The van der Waals surface area contributed by atoms with E-state index in [-0.39, 0.29) is 5.54 Å². The molecule has 1 aliphatic rings. The first-order valence-electron chi connectivity index (χ1n) is 4.51. The molecule has 0 spiro atoms. The lowest BCUT2D eigenvalue weighted by Crippen LogP contribution is -2.31. The second-order valence-electron chi connectivity index (χ2n) is 4.43. The summed E-state index contributed by atoms with van der Waals surface area (Å²) in [7, 11) is -2.91. The van der Waals surface area contributed by atoms with Gasteiger partial charge in [-0.25, -0.2) is 8.42 Å². The standard InChI is InChI=1S/C9H17NO2S/c1-9(2,3)10-7-8-5-4-6-13(8,11)12/h7,10H,4-6H2,1-3H3/b8-7+. The molecule has 0 amide bonds. The molecular weight excluding hydrogens is 186 g/mol. The van der Waals surface area contributed by atoms with Crippen LogP contribution in [0, 0.1) is 0 Å². The van der Waals surface area contributed by atoms with Gasteiger partial charge in [0.2, 0.25) is 0 Å². The fourth-order valence-corrected chi connectivity index (χ4v) is 2.66. The van der Waals surface area contributed by atoms with E-state index in [2.05, 4.69) is 5.32 Å². The normalized spacial score (nSPS) is 25.0. The first-order chi connectivity index (χ1) is 5.81. The molecule has 0 aromatic heterocycles. The molecule has 1 rings (SSSR count). The molecule has 0 aromatic rings. The highest BCUT2D eigenvalue weighted by Crippen LogP contribution is 2.23. The van der Waals surface area contributed by atoms with Crippen molar-refractivity contribution in [1.29, 1.82) is 0 Å². The number of hydrogen-bond donors (Lipinski definition) is 1. The Morgan fingerprint density at radius 1 is 1.38 bits per heavy atom. The van der Waals surface area contributed by atoms with Gasteiger partial charge in [-0.3, -0.25) is 0 Å². The summed E-state index contributed by atoms with van der Waals surface area (Å²) in [5, 5.41) is 3.08. The van der Waals surface area contributed by atoms with Crippen LogP contribution in [0.3, 0.4) is 0 Å². The van der Waals surface area contributed by atoms with Gasteiger partial charge in [-0.1, -0.05) is 0 Å². The zero-order valence-corrected chi connectivity index (χ0v) is 9.24. The predicted octanol–water partition coefficient (Wildman–Crippen LogP) is 1.42. The van der Waals surface area contributed by atoms with Gasteiger partial charge < -0.3 is 5.32 Å². The van der Waals surface area contributed by atoms with Gasteiger partial charge in [0.1, 0.15) is 0 Å². The van der Waals surface area contributed by atoms with Crippen LogP contribution >= 0.6 is 0 Å². The van der Waals surface area contributed by atoms with Crippen molar-refractivity contribution in [3.8, 4) is 0 Å². The van der Waals surface area contributed by atoms with Crippen LogP contribution in [0.25, 0.3) is 0 Å². The van der Waals surface area contributed by atoms with Crippen LogP contribution in [0.4, 0.5) is 0 Å². The first kappa shape index (κ1) is 10.6. The third kappa shape index (κ3) is 3.03. The quantitative estimate of drug-likeness (QED) is 0.701. The maximum atomic E-state index is 11.4. The monoisotopic (exact) mass is 203 g/mol.